The normalized spacial score (nSPS) is 17.3. The van der Waals surface area contributed by atoms with Crippen molar-refractivity contribution in [2.75, 3.05) is 31.9 Å². The fourth-order valence-electron chi connectivity index (χ4n) is 2.68. The van der Waals surface area contributed by atoms with Crippen molar-refractivity contribution in [3.8, 4) is 0 Å². The number of hydrogen-bond acceptors (Lipinski definition) is 3. The first-order chi connectivity index (χ1) is 9.29. The van der Waals surface area contributed by atoms with Gasteiger partial charge in [0.2, 0.25) is 0 Å². The summed E-state index contributed by atoms with van der Waals surface area (Å²) in [4.78, 5) is 16.9. The van der Waals surface area contributed by atoms with E-state index in [-0.39, 0.29) is 11.4 Å². The zero-order valence-corrected chi connectivity index (χ0v) is 12.9. The molecule has 2 N–H and O–H groups in total. The van der Waals surface area contributed by atoms with Gasteiger partial charge in [0.25, 0.3) is 5.91 Å². The van der Waals surface area contributed by atoms with Crippen LogP contribution < -0.4 is 5.73 Å². The molecule has 0 saturated carbocycles. The van der Waals surface area contributed by atoms with Gasteiger partial charge in [-0.25, -0.2) is 0 Å². The monoisotopic (exact) mass is 275 g/mol. The summed E-state index contributed by atoms with van der Waals surface area (Å²) in [7, 11) is 0. The van der Waals surface area contributed by atoms with E-state index in [1.807, 2.05) is 24.0 Å². The number of aryl methyl sites for hydroxylation is 1. The van der Waals surface area contributed by atoms with Crippen LogP contribution in [0.2, 0.25) is 0 Å². The quantitative estimate of drug-likeness (QED) is 0.799. The highest BCUT2D eigenvalue weighted by Crippen LogP contribution is 2.19. The molecule has 1 aromatic carbocycles. The average molecular weight is 275 g/mol. The summed E-state index contributed by atoms with van der Waals surface area (Å²) in [6.45, 7) is 12.0. The molecule has 20 heavy (non-hydrogen) atoms. The first-order valence-electron chi connectivity index (χ1n) is 7.19. The molecule has 1 aliphatic heterocycles. The number of hydrogen-bond donors (Lipinski definition) is 1. The molecule has 0 bridgehead atoms. The second-order valence-electron chi connectivity index (χ2n) is 6.52. The minimum absolute atomic E-state index is 0.121. The smallest absolute Gasteiger partial charge is 0.254 e. The third kappa shape index (κ3) is 3.12. The Bertz CT molecular complexity index is 497. The minimum atomic E-state index is 0.121. The molecule has 1 aliphatic rings. The summed E-state index contributed by atoms with van der Waals surface area (Å²) < 4.78 is 0. The third-order valence-corrected chi connectivity index (χ3v) is 4.00. The van der Waals surface area contributed by atoms with E-state index in [0.717, 1.165) is 37.3 Å². The number of nitrogens with two attached hydrogens (primary N) is 1. The average Bonchev–Trinajstić information content (AvgIpc) is 2.37. The second kappa shape index (κ2) is 5.44. The van der Waals surface area contributed by atoms with Gasteiger partial charge in [-0.1, -0.05) is 0 Å². The van der Waals surface area contributed by atoms with Crippen LogP contribution in [-0.2, 0) is 0 Å². The highest BCUT2D eigenvalue weighted by atomic mass is 16.2. The summed E-state index contributed by atoms with van der Waals surface area (Å²) in [5, 5.41) is 0. The number of amides is 1. The second-order valence-corrected chi connectivity index (χ2v) is 6.52. The fourth-order valence-corrected chi connectivity index (χ4v) is 2.68. The molecule has 0 aromatic heterocycles. The van der Waals surface area contributed by atoms with Crippen molar-refractivity contribution in [1.82, 2.24) is 9.80 Å². The lowest BCUT2D eigenvalue weighted by molar-refractivity contribution is 0.0450. The van der Waals surface area contributed by atoms with E-state index < -0.39 is 0 Å². The Kier molecular flexibility index (Phi) is 4.04. The van der Waals surface area contributed by atoms with Crippen LogP contribution in [0, 0.1) is 6.92 Å². The van der Waals surface area contributed by atoms with Gasteiger partial charge < -0.3 is 10.6 Å². The van der Waals surface area contributed by atoms with Gasteiger partial charge in [-0.05, 0) is 51.5 Å². The van der Waals surface area contributed by atoms with Crippen LogP contribution in [0.5, 0.6) is 0 Å². The van der Waals surface area contributed by atoms with Gasteiger partial charge >= 0.3 is 0 Å². The topological polar surface area (TPSA) is 49.6 Å². The zero-order chi connectivity index (χ0) is 14.9. The van der Waals surface area contributed by atoms with E-state index in [1.165, 1.54) is 0 Å². The number of rotatable bonds is 1. The third-order valence-electron chi connectivity index (χ3n) is 4.00. The molecule has 0 unspecified atom stereocenters. The van der Waals surface area contributed by atoms with Crippen molar-refractivity contribution in [2.24, 2.45) is 0 Å². The molecule has 1 saturated heterocycles. The lowest BCUT2D eigenvalue weighted by Gasteiger charge is -2.42. The predicted octanol–water partition coefficient (Wildman–Crippen LogP) is 2.13. The Hall–Kier alpha value is -1.55. The van der Waals surface area contributed by atoms with Gasteiger partial charge in [0.15, 0.2) is 0 Å². The maximum atomic E-state index is 12.6. The predicted molar refractivity (Wildman–Crippen MR) is 82.8 cm³/mol. The van der Waals surface area contributed by atoms with Gasteiger partial charge in [-0.15, -0.1) is 0 Å². The molecule has 1 fully saturated rings. The van der Waals surface area contributed by atoms with E-state index in [1.54, 1.807) is 6.07 Å². The van der Waals surface area contributed by atoms with Gasteiger partial charge in [-0.2, -0.15) is 0 Å². The Labute approximate surface area is 121 Å². The highest BCUT2D eigenvalue weighted by Gasteiger charge is 2.28. The minimum Gasteiger partial charge on any atom is -0.399 e. The lowest BCUT2D eigenvalue weighted by Crippen LogP contribution is -2.54. The van der Waals surface area contributed by atoms with Gasteiger partial charge in [-0.3, -0.25) is 9.69 Å². The van der Waals surface area contributed by atoms with E-state index in [2.05, 4.69) is 25.7 Å². The number of nitrogens with zero attached hydrogens (tertiary/aromatic N) is 2. The van der Waals surface area contributed by atoms with Gasteiger partial charge in [0.1, 0.15) is 0 Å². The van der Waals surface area contributed by atoms with Crippen molar-refractivity contribution < 1.29 is 4.79 Å². The molecule has 0 radical (unpaired) electrons. The first-order valence-corrected chi connectivity index (χ1v) is 7.19. The summed E-state index contributed by atoms with van der Waals surface area (Å²) in [5.74, 6) is 0.121. The van der Waals surface area contributed by atoms with E-state index in [9.17, 15) is 4.79 Å². The molecular weight excluding hydrogens is 250 g/mol. The summed E-state index contributed by atoms with van der Waals surface area (Å²) in [6, 6.07) is 5.49. The Morgan fingerprint density at radius 2 is 1.75 bits per heavy atom. The largest absolute Gasteiger partial charge is 0.399 e. The van der Waals surface area contributed by atoms with Gasteiger partial charge in [0.05, 0.1) is 0 Å². The van der Waals surface area contributed by atoms with Crippen LogP contribution in [0.3, 0.4) is 0 Å². The Morgan fingerprint density at radius 3 is 2.25 bits per heavy atom. The molecule has 0 spiro atoms. The van der Waals surface area contributed by atoms with Gasteiger partial charge in [0, 0.05) is 43.0 Å². The van der Waals surface area contributed by atoms with Crippen molar-refractivity contribution in [3.63, 3.8) is 0 Å². The van der Waals surface area contributed by atoms with Crippen molar-refractivity contribution in [2.45, 2.75) is 33.2 Å². The lowest BCUT2D eigenvalue weighted by atomic mass is 10.0. The first kappa shape index (κ1) is 14.9. The van der Waals surface area contributed by atoms with E-state index in [4.69, 9.17) is 5.73 Å². The fraction of sp³-hybridized carbons (Fsp3) is 0.562. The highest BCUT2D eigenvalue weighted by molar-refractivity contribution is 5.96. The Morgan fingerprint density at radius 1 is 1.15 bits per heavy atom. The van der Waals surface area contributed by atoms with Crippen LogP contribution in [-0.4, -0.2) is 47.4 Å². The number of nitrogen functional groups attached to an aromatic ring is 1. The summed E-state index contributed by atoms with van der Waals surface area (Å²) in [5.41, 5.74) is 8.34. The summed E-state index contributed by atoms with van der Waals surface area (Å²) >= 11 is 0. The molecule has 1 heterocycles. The maximum Gasteiger partial charge on any atom is 0.254 e. The van der Waals surface area contributed by atoms with Crippen LogP contribution in [0.1, 0.15) is 36.7 Å². The molecule has 110 valence electrons. The standard InChI is InChI=1S/C16H25N3O/c1-12-11-13(17)5-6-14(12)15(20)18-7-9-19(10-8-18)16(2,3)4/h5-6,11H,7-10,17H2,1-4H3. The van der Waals surface area contributed by atoms with Crippen molar-refractivity contribution >= 4 is 11.6 Å². The molecular formula is C16H25N3O. The molecule has 1 aromatic rings. The molecule has 4 heteroatoms. The van der Waals surface area contributed by atoms with Crippen molar-refractivity contribution in [1.29, 1.82) is 0 Å². The summed E-state index contributed by atoms with van der Waals surface area (Å²) in [6.07, 6.45) is 0. The van der Waals surface area contributed by atoms with Crippen molar-refractivity contribution in [3.05, 3.63) is 29.3 Å². The number of carbonyl (C=O) groups is 1. The Balaban J connectivity index is 2.05. The van der Waals surface area contributed by atoms with E-state index >= 15 is 0 Å². The molecule has 0 aliphatic carbocycles. The maximum absolute atomic E-state index is 12.6. The van der Waals surface area contributed by atoms with E-state index in [0.29, 0.717) is 5.69 Å². The van der Waals surface area contributed by atoms with Crippen LogP contribution in [0.25, 0.3) is 0 Å². The number of carbonyl (C=O) groups excluding carboxylic acids is 1. The zero-order valence-electron chi connectivity index (χ0n) is 12.9. The molecule has 1 amide bonds. The molecule has 2 rings (SSSR count). The SMILES string of the molecule is Cc1cc(N)ccc1C(=O)N1CCN(C(C)(C)C)CC1. The number of anilines is 1. The molecule has 0 atom stereocenters. The van der Waals surface area contributed by atoms with Crippen LogP contribution in [0.4, 0.5) is 5.69 Å². The molecule has 4 nitrogen and oxygen atoms in total. The number of piperazine rings is 1. The van der Waals surface area contributed by atoms with Crippen LogP contribution in [0.15, 0.2) is 18.2 Å². The van der Waals surface area contributed by atoms with Crippen LogP contribution >= 0.6 is 0 Å². The number of benzene rings is 1.